The molecule has 0 spiro atoms. The largest absolute Gasteiger partial charge is 0.395 e. The van der Waals surface area contributed by atoms with Crippen molar-refractivity contribution in [3.05, 3.63) is 35.6 Å². The van der Waals surface area contributed by atoms with Crippen LogP contribution in [0.15, 0.2) is 24.3 Å². The third-order valence-corrected chi connectivity index (χ3v) is 2.25. The molecule has 1 rings (SSSR count). The van der Waals surface area contributed by atoms with Gasteiger partial charge in [-0.25, -0.2) is 4.39 Å². The summed E-state index contributed by atoms with van der Waals surface area (Å²) in [6.45, 7) is 2.53. The summed E-state index contributed by atoms with van der Waals surface area (Å²) in [5.74, 6) is -0.201. The summed E-state index contributed by atoms with van der Waals surface area (Å²) in [4.78, 5) is 0. The highest BCUT2D eigenvalue weighted by molar-refractivity contribution is 5.16. The Labute approximate surface area is 83.8 Å². The van der Waals surface area contributed by atoms with Crippen molar-refractivity contribution in [2.45, 2.75) is 25.9 Å². The molecule has 0 aliphatic heterocycles. The Morgan fingerprint density at radius 2 is 2.14 bits per heavy atom. The maximum atomic E-state index is 13.1. The fourth-order valence-electron chi connectivity index (χ4n) is 1.23. The molecule has 0 unspecified atom stereocenters. The maximum absolute atomic E-state index is 13.1. The summed E-state index contributed by atoms with van der Waals surface area (Å²) in [7, 11) is 0. The van der Waals surface area contributed by atoms with Gasteiger partial charge in [0.2, 0.25) is 0 Å². The Hall–Kier alpha value is -0.930. The van der Waals surface area contributed by atoms with Crippen molar-refractivity contribution >= 4 is 0 Å². The van der Waals surface area contributed by atoms with Gasteiger partial charge in [0.1, 0.15) is 5.82 Å². The first-order chi connectivity index (χ1) is 6.77. The monoisotopic (exact) mass is 197 g/mol. The first kappa shape index (κ1) is 11.1. The third kappa shape index (κ3) is 3.09. The average Bonchev–Trinajstić information content (AvgIpc) is 2.22. The zero-order valence-electron chi connectivity index (χ0n) is 8.33. The number of nitrogens with one attached hydrogen (secondary N) is 1. The number of aliphatic hydroxyl groups excluding tert-OH is 1. The van der Waals surface area contributed by atoms with Crippen LogP contribution in [0.25, 0.3) is 0 Å². The SMILES string of the molecule is CC[C@@H](CO)NCc1ccccc1F. The average molecular weight is 197 g/mol. The van der Waals surface area contributed by atoms with E-state index in [1.165, 1.54) is 6.07 Å². The molecule has 14 heavy (non-hydrogen) atoms. The minimum atomic E-state index is -0.201. The lowest BCUT2D eigenvalue weighted by molar-refractivity contribution is 0.238. The number of rotatable bonds is 5. The second kappa shape index (κ2) is 5.73. The summed E-state index contributed by atoms with van der Waals surface area (Å²) in [6, 6.07) is 6.71. The molecule has 2 nitrogen and oxygen atoms in total. The van der Waals surface area contributed by atoms with Gasteiger partial charge < -0.3 is 10.4 Å². The highest BCUT2D eigenvalue weighted by atomic mass is 19.1. The molecule has 0 saturated heterocycles. The highest BCUT2D eigenvalue weighted by Gasteiger charge is 2.05. The molecular weight excluding hydrogens is 181 g/mol. The fourth-order valence-corrected chi connectivity index (χ4v) is 1.23. The van der Waals surface area contributed by atoms with Crippen LogP contribution in [-0.2, 0) is 6.54 Å². The van der Waals surface area contributed by atoms with Crippen LogP contribution in [0.2, 0.25) is 0 Å². The Balaban J connectivity index is 2.49. The molecule has 0 fully saturated rings. The standard InChI is InChI=1S/C11H16FNO/c1-2-10(8-14)13-7-9-5-3-4-6-11(9)12/h3-6,10,13-14H,2,7-8H2,1H3/t10-/m0/s1. The molecule has 1 atom stereocenters. The molecule has 0 aliphatic carbocycles. The van der Waals surface area contributed by atoms with Crippen molar-refractivity contribution in [2.75, 3.05) is 6.61 Å². The smallest absolute Gasteiger partial charge is 0.127 e. The molecule has 0 heterocycles. The van der Waals surface area contributed by atoms with Crippen LogP contribution in [0.5, 0.6) is 0 Å². The van der Waals surface area contributed by atoms with Crippen LogP contribution < -0.4 is 5.32 Å². The van der Waals surface area contributed by atoms with Crippen LogP contribution in [0.1, 0.15) is 18.9 Å². The van der Waals surface area contributed by atoms with Gasteiger partial charge >= 0.3 is 0 Å². The first-order valence-electron chi connectivity index (χ1n) is 4.85. The number of hydrogen-bond donors (Lipinski definition) is 2. The van der Waals surface area contributed by atoms with E-state index in [9.17, 15) is 4.39 Å². The van der Waals surface area contributed by atoms with E-state index < -0.39 is 0 Å². The second-order valence-electron chi connectivity index (χ2n) is 3.26. The van der Waals surface area contributed by atoms with Gasteiger partial charge in [0.15, 0.2) is 0 Å². The zero-order chi connectivity index (χ0) is 10.4. The molecule has 1 aromatic rings. The summed E-state index contributed by atoms with van der Waals surface area (Å²) in [5, 5.41) is 12.0. The molecule has 0 aromatic heterocycles. The molecule has 3 heteroatoms. The summed E-state index contributed by atoms with van der Waals surface area (Å²) in [6.07, 6.45) is 0.838. The van der Waals surface area contributed by atoms with E-state index in [-0.39, 0.29) is 18.5 Å². The van der Waals surface area contributed by atoms with Crippen LogP contribution >= 0.6 is 0 Å². The molecule has 0 bridgehead atoms. The topological polar surface area (TPSA) is 32.3 Å². The molecule has 2 N–H and O–H groups in total. The molecule has 0 aliphatic rings. The van der Waals surface area contributed by atoms with Crippen molar-refractivity contribution in [3.63, 3.8) is 0 Å². The van der Waals surface area contributed by atoms with E-state index in [1.807, 2.05) is 6.92 Å². The van der Waals surface area contributed by atoms with E-state index in [4.69, 9.17) is 5.11 Å². The first-order valence-corrected chi connectivity index (χ1v) is 4.85. The predicted octanol–water partition coefficient (Wildman–Crippen LogP) is 1.69. The molecule has 0 saturated carbocycles. The van der Waals surface area contributed by atoms with Gasteiger partial charge in [-0.1, -0.05) is 25.1 Å². The number of benzene rings is 1. The molecular formula is C11H16FNO. The van der Waals surface area contributed by atoms with Crippen molar-refractivity contribution < 1.29 is 9.50 Å². The van der Waals surface area contributed by atoms with Crippen LogP contribution in [0.3, 0.4) is 0 Å². The Kier molecular flexibility index (Phi) is 4.56. The van der Waals surface area contributed by atoms with Crippen molar-refractivity contribution in [1.82, 2.24) is 5.32 Å². The Morgan fingerprint density at radius 3 is 2.71 bits per heavy atom. The number of hydrogen-bond acceptors (Lipinski definition) is 2. The van der Waals surface area contributed by atoms with Gasteiger partial charge in [-0.2, -0.15) is 0 Å². The van der Waals surface area contributed by atoms with Crippen LogP contribution in [-0.4, -0.2) is 17.8 Å². The molecule has 78 valence electrons. The van der Waals surface area contributed by atoms with Gasteiger partial charge in [-0.05, 0) is 12.5 Å². The Morgan fingerprint density at radius 1 is 1.43 bits per heavy atom. The van der Waals surface area contributed by atoms with Crippen LogP contribution in [0.4, 0.5) is 4.39 Å². The van der Waals surface area contributed by atoms with E-state index in [2.05, 4.69) is 5.32 Å². The maximum Gasteiger partial charge on any atom is 0.127 e. The van der Waals surface area contributed by atoms with E-state index in [1.54, 1.807) is 18.2 Å². The van der Waals surface area contributed by atoms with E-state index >= 15 is 0 Å². The van der Waals surface area contributed by atoms with Gasteiger partial charge in [-0.15, -0.1) is 0 Å². The van der Waals surface area contributed by atoms with Crippen molar-refractivity contribution in [3.8, 4) is 0 Å². The minimum absolute atomic E-state index is 0.0506. The van der Waals surface area contributed by atoms with Gasteiger partial charge in [0, 0.05) is 18.2 Å². The lowest BCUT2D eigenvalue weighted by Crippen LogP contribution is -2.31. The zero-order valence-corrected chi connectivity index (χ0v) is 8.33. The van der Waals surface area contributed by atoms with Crippen LogP contribution in [0, 0.1) is 5.82 Å². The summed E-state index contributed by atoms with van der Waals surface area (Å²) >= 11 is 0. The van der Waals surface area contributed by atoms with E-state index in [0.717, 1.165) is 6.42 Å². The quantitative estimate of drug-likeness (QED) is 0.752. The molecule has 1 aromatic carbocycles. The van der Waals surface area contributed by atoms with Gasteiger partial charge in [0.25, 0.3) is 0 Å². The molecule has 0 radical (unpaired) electrons. The molecule has 0 amide bonds. The second-order valence-corrected chi connectivity index (χ2v) is 3.26. The number of aliphatic hydroxyl groups is 1. The lowest BCUT2D eigenvalue weighted by Gasteiger charge is -2.13. The minimum Gasteiger partial charge on any atom is -0.395 e. The number of halogens is 1. The van der Waals surface area contributed by atoms with E-state index in [0.29, 0.717) is 12.1 Å². The lowest BCUT2D eigenvalue weighted by atomic mass is 10.2. The highest BCUT2D eigenvalue weighted by Crippen LogP contribution is 2.06. The predicted molar refractivity (Wildman–Crippen MR) is 54.4 cm³/mol. The third-order valence-electron chi connectivity index (χ3n) is 2.25. The van der Waals surface area contributed by atoms with Gasteiger partial charge in [0.05, 0.1) is 6.61 Å². The fraction of sp³-hybridized carbons (Fsp3) is 0.455. The van der Waals surface area contributed by atoms with Crippen molar-refractivity contribution in [2.24, 2.45) is 0 Å². The van der Waals surface area contributed by atoms with Crippen molar-refractivity contribution in [1.29, 1.82) is 0 Å². The normalized spacial score (nSPS) is 12.8. The summed E-state index contributed by atoms with van der Waals surface area (Å²) < 4.78 is 13.1. The van der Waals surface area contributed by atoms with Gasteiger partial charge in [-0.3, -0.25) is 0 Å². The summed E-state index contributed by atoms with van der Waals surface area (Å²) in [5.41, 5.74) is 0.638. The Bertz CT molecular complexity index is 274.